The molecule has 1 aliphatic heterocycles. The minimum atomic E-state index is 0.586. The van der Waals surface area contributed by atoms with Crippen molar-refractivity contribution < 1.29 is 4.74 Å². The third-order valence-corrected chi connectivity index (χ3v) is 2.65. The molecule has 1 N–H and O–H groups in total. The SMILES string of the molecule is CC(C)COc1ccc2c(c1)CCNC2.CI. The fourth-order valence-electron chi connectivity index (χ4n) is 1.81. The normalized spacial score (nSPS) is 13.7. The first-order valence-corrected chi connectivity index (χ1v) is 8.24. The predicted octanol–water partition coefficient (Wildman–Crippen LogP) is 3.42. The third kappa shape index (κ3) is 4.84. The van der Waals surface area contributed by atoms with Crippen molar-refractivity contribution in [3.8, 4) is 5.75 Å². The van der Waals surface area contributed by atoms with Gasteiger partial charge >= 0.3 is 0 Å². The first-order valence-electron chi connectivity index (χ1n) is 6.09. The molecule has 0 saturated carbocycles. The van der Waals surface area contributed by atoms with Crippen LogP contribution in [0, 0.1) is 5.92 Å². The Hall–Kier alpha value is -0.290. The molecule has 0 unspecified atom stereocenters. The Labute approximate surface area is 118 Å². The van der Waals surface area contributed by atoms with Crippen LogP contribution in [-0.2, 0) is 13.0 Å². The fraction of sp³-hybridized carbons (Fsp3) is 0.571. The molecule has 3 heteroatoms. The van der Waals surface area contributed by atoms with Crippen LogP contribution >= 0.6 is 22.6 Å². The average Bonchev–Trinajstić information content (AvgIpc) is 2.38. The summed E-state index contributed by atoms with van der Waals surface area (Å²) in [5.74, 6) is 1.60. The highest BCUT2D eigenvalue weighted by molar-refractivity contribution is 14.1. The molecule has 2 rings (SSSR count). The molecule has 0 atom stereocenters. The van der Waals surface area contributed by atoms with Crippen molar-refractivity contribution in [2.75, 3.05) is 18.1 Å². The molecular weight excluding hydrogens is 325 g/mol. The second-order valence-corrected chi connectivity index (χ2v) is 4.56. The van der Waals surface area contributed by atoms with Crippen molar-refractivity contribution >= 4 is 22.6 Å². The molecule has 0 aliphatic carbocycles. The van der Waals surface area contributed by atoms with Gasteiger partial charge in [0.2, 0.25) is 0 Å². The van der Waals surface area contributed by atoms with Crippen LogP contribution < -0.4 is 10.1 Å². The highest BCUT2D eigenvalue weighted by atomic mass is 127. The number of nitrogens with one attached hydrogen (secondary N) is 1. The van der Waals surface area contributed by atoms with E-state index in [4.69, 9.17) is 4.74 Å². The summed E-state index contributed by atoms with van der Waals surface area (Å²) in [4.78, 5) is 1.97. The van der Waals surface area contributed by atoms with Gasteiger partial charge in [-0.2, -0.15) is 0 Å². The summed E-state index contributed by atoms with van der Waals surface area (Å²) in [6.45, 7) is 7.22. The lowest BCUT2D eigenvalue weighted by molar-refractivity contribution is 0.270. The van der Waals surface area contributed by atoms with E-state index in [-0.39, 0.29) is 0 Å². The van der Waals surface area contributed by atoms with Gasteiger partial charge in [0.1, 0.15) is 5.75 Å². The molecule has 0 bridgehead atoms. The number of rotatable bonds is 3. The van der Waals surface area contributed by atoms with Crippen molar-refractivity contribution in [3.63, 3.8) is 0 Å². The Bertz CT molecular complexity index is 339. The monoisotopic (exact) mass is 347 g/mol. The fourth-order valence-corrected chi connectivity index (χ4v) is 1.81. The molecule has 0 radical (unpaired) electrons. The second-order valence-electron chi connectivity index (χ2n) is 4.56. The molecule has 0 amide bonds. The number of hydrogen-bond acceptors (Lipinski definition) is 2. The van der Waals surface area contributed by atoms with Crippen LogP contribution in [0.25, 0.3) is 0 Å². The van der Waals surface area contributed by atoms with Crippen LogP contribution in [-0.4, -0.2) is 18.1 Å². The standard InChI is InChI=1S/C13H19NO.CH3I/c1-10(2)9-15-13-4-3-12-8-14-6-5-11(12)7-13;1-2/h3-4,7,10,14H,5-6,8-9H2,1-2H3;1H3. The topological polar surface area (TPSA) is 21.3 Å². The van der Waals surface area contributed by atoms with Gasteiger partial charge in [-0.05, 0) is 47.1 Å². The number of hydrogen-bond donors (Lipinski definition) is 1. The second kappa shape index (κ2) is 7.93. The Morgan fingerprint density at radius 2 is 2.06 bits per heavy atom. The number of benzene rings is 1. The van der Waals surface area contributed by atoms with Crippen molar-refractivity contribution in [1.29, 1.82) is 0 Å². The Morgan fingerprint density at radius 3 is 2.76 bits per heavy atom. The smallest absolute Gasteiger partial charge is 0.119 e. The van der Waals surface area contributed by atoms with Gasteiger partial charge in [0.15, 0.2) is 0 Å². The number of ether oxygens (including phenoxy) is 1. The van der Waals surface area contributed by atoms with E-state index in [2.05, 4.69) is 60.0 Å². The van der Waals surface area contributed by atoms with E-state index in [0.717, 1.165) is 31.9 Å². The van der Waals surface area contributed by atoms with Gasteiger partial charge in [0, 0.05) is 6.54 Å². The maximum Gasteiger partial charge on any atom is 0.119 e. The summed E-state index contributed by atoms with van der Waals surface area (Å²) in [7, 11) is 0. The van der Waals surface area contributed by atoms with Crippen LogP contribution in [0.5, 0.6) is 5.75 Å². The summed E-state index contributed by atoms with van der Waals surface area (Å²) < 4.78 is 5.71. The van der Waals surface area contributed by atoms with E-state index >= 15 is 0 Å². The molecule has 1 aromatic rings. The van der Waals surface area contributed by atoms with Gasteiger partial charge in [-0.1, -0.05) is 42.5 Å². The Balaban J connectivity index is 0.000000686. The van der Waals surface area contributed by atoms with Crippen LogP contribution in [0.1, 0.15) is 25.0 Å². The molecule has 0 saturated heterocycles. The zero-order valence-electron chi connectivity index (χ0n) is 10.9. The van der Waals surface area contributed by atoms with E-state index in [0.29, 0.717) is 5.92 Å². The molecule has 0 fully saturated rings. The lowest BCUT2D eigenvalue weighted by Crippen LogP contribution is -2.23. The van der Waals surface area contributed by atoms with Crippen LogP contribution in [0.4, 0.5) is 0 Å². The van der Waals surface area contributed by atoms with E-state index in [1.807, 2.05) is 4.93 Å². The largest absolute Gasteiger partial charge is 0.493 e. The van der Waals surface area contributed by atoms with E-state index in [1.165, 1.54) is 11.1 Å². The summed E-state index contributed by atoms with van der Waals surface area (Å²) >= 11 is 2.15. The van der Waals surface area contributed by atoms with Crippen molar-refractivity contribution in [2.24, 2.45) is 5.92 Å². The zero-order valence-corrected chi connectivity index (χ0v) is 13.1. The van der Waals surface area contributed by atoms with Gasteiger partial charge in [-0.3, -0.25) is 0 Å². The first-order chi connectivity index (χ1) is 8.25. The molecule has 1 aliphatic rings. The molecule has 17 heavy (non-hydrogen) atoms. The molecule has 96 valence electrons. The van der Waals surface area contributed by atoms with E-state index in [9.17, 15) is 0 Å². The Kier molecular flexibility index (Phi) is 6.89. The molecule has 1 aromatic carbocycles. The van der Waals surface area contributed by atoms with Crippen molar-refractivity contribution in [1.82, 2.24) is 5.32 Å². The molecule has 1 heterocycles. The molecular formula is C14H22INO. The first kappa shape index (κ1) is 14.8. The Morgan fingerprint density at radius 1 is 1.29 bits per heavy atom. The molecule has 0 aromatic heterocycles. The van der Waals surface area contributed by atoms with Crippen LogP contribution in [0.3, 0.4) is 0 Å². The van der Waals surface area contributed by atoms with Gasteiger partial charge in [-0.25, -0.2) is 0 Å². The highest BCUT2D eigenvalue weighted by Crippen LogP contribution is 2.20. The summed E-state index contributed by atoms with van der Waals surface area (Å²) in [6.07, 6.45) is 1.12. The summed E-state index contributed by atoms with van der Waals surface area (Å²) in [6, 6.07) is 6.45. The lowest BCUT2D eigenvalue weighted by Gasteiger charge is -2.18. The number of alkyl halides is 1. The molecule has 0 spiro atoms. The minimum Gasteiger partial charge on any atom is -0.493 e. The van der Waals surface area contributed by atoms with Gasteiger partial charge in [-0.15, -0.1) is 0 Å². The number of fused-ring (bicyclic) bond motifs is 1. The van der Waals surface area contributed by atoms with Crippen molar-refractivity contribution in [3.05, 3.63) is 29.3 Å². The van der Waals surface area contributed by atoms with E-state index in [1.54, 1.807) is 0 Å². The molecule has 2 nitrogen and oxygen atoms in total. The van der Waals surface area contributed by atoms with Gasteiger partial charge in [0.05, 0.1) is 6.61 Å². The minimum absolute atomic E-state index is 0.586. The predicted molar refractivity (Wildman–Crippen MR) is 82.1 cm³/mol. The highest BCUT2D eigenvalue weighted by Gasteiger charge is 2.09. The third-order valence-electron chi connectivity index (χ3n) is 2.65. The number of halogens is 1. The van der Waals surface area contributed by atoms with Crippen molar-refractivity contribution in [2.45, 2.75) is 26.8 Å². The quantitative estimate of drug-likeness (QED) is 0.668. The zero-order chi connectivity index (χ0) is 12.7. The van der Waals surface area contributed by atoms with E-state index < -0.39 is 0 Å². The summed E-state index contributed by atoms with van der Waals surface area (Å²) in [5, 5.41) is 3.37. The van der Waals surface area contributed by atoms with Gasteiger partial charge in [0.25, 0.3) is 0 Å². The lowest BCUT2D eigenvalue weighted by atomic mass is 10.0. The summed E-state index contributed by atoms with van der Waals surface area (Å²) in [5.41, 5.74) is 2.85. The maximum atomic E-state index is 5.71. The van der Waals surface area contributed by atoms with Crippen LogP contribution in [0.15, 0.2) is 18.2 Å². The average molecular weight is 347 g/mol. The van der Waals surface area contributed by atoms with Gasteiger partial charge < -0.3 is 10.1 Å². The van der Waals surface area contributed by atoms with Crippen LogP contribution in [0.2, 0.25) is 0 Å². The maximum absolute atomic E-state index is 5.71.